The number of hydrogen-bond acceptors (Lipinski definition) is 3. The molecule has 0 fully saturated rings. The Morgan fingerprint density at radius 1 is 1.24 bits per heavy atom. The van der Waals surface area contributed by atoms with Crippen LogP contribution in [0.25, 0.3) is 10.9 Å². The first-order valence-electron chi connectivity index (χ1n) is 9.17. The first-order valence-corrected chi connectivity index (χ1v) is 9.17. The van der Waals surface area contributed by atoms with Gasteiger partial charge in [0, 0.05) is 28.7 Å². The number of fused-ring (bicyclic) bond motifs is 2. The van der Waals surface area contributed by atoms with Crippen LogP contribution in [0.4, 0.5) is 5.82 Å². The highest BCUT2D eigenvalue weighted by Crippen LogP contribution is 2.29. The molecule has 1 aromatic carbocycles. The zero-order valence-electron chi connectivity index (χ0n) is 14.9. The largest absolute Gasteiger partial charge is 0.383 e. The molecular weight excluding hydrogens is 312 g/mol. The average Bonchev–Trinajstić information content (AvgIpc) is 3.18. The quantitative estimate of drug-likeness (QED) is 0.795. The molecule has 4 rings (SSSR count). The molecule has 0 bridgehead atoms. The Kier molecular flexibility index (Phi) is 3.86. The summed E-state index contributed by atoms with van der Waals surface area (Å²) < 4.78 is 3.68. The van der Waals surface area contributed by atoms with Crippen molar-refractivity contribution in [2.75, 3.05) is 5.73 Å². The van der Waals surface area contributed by atoms with Gasteiger partial charge in [-0.25, -0.2) is 0 Å². The van der Waals surface area contributed by atoms with Crippen LogP contribution < -0.4 is 5.73 Å². The van der Waals surface area contributed by atoms with E-state index in [1.165, 1.54) is 10.4 Å². The number of nitrogen functional groups attached to an aromatic ring is 1. The van der Waals surface area contributed by atoms with E-state index in [1.807, 2.05) is 12.1 Å². The van der Waals surface area contributed by atoms with Gasteiger partial charge in [0.05, 0.1) is 11.3 Å². The van der Waals surface area contributed by atoms with Crippen LogP contribution >= 0.6 is 0 Å². The van der Waals surface area contributed by atoms with Crippen molar-refractivity contribution in [2.45, 2.75) is 52.5 Å². The number of benzene rings is 1. The van der Waals surface area contributed by atoms with Gasteiger partial charge in [-0.1, -0.05) is 13.0 Å². The van der Waals surface area contributed by atoms with Crippen LogP contribution in [-0.4, -0.2) is 20.3 Å². The summed E-state index contributed by atoms with van der Waals surface area (Å²) in [4.78, 5) is 13.2. The second-order valence-electron chi connectivity index (χ2n) is 6.71. The fraction of sp³-hybridized carbons (Fsp3) is 0.400. The summed E-state index contributed by atoms with van der Waals surface area (Å²) in [5.74, 6) is 0.385. The Bertz CT molecular complexity index is 964. The smallest absolute Gasteiger partial charge is 0.280 e. The molecule has 0 aliphatic heterocycles. The van der Waals surface area contributed by atoms with E-state index in [-0.39, 0.29) is 5.91 Å². The Morgan fingerprint density at radius 2 is 2.04 bits per heavy atom. The topological polar surface area (TPSA) is 65.8 Å². The van der Waals surface area contributed by atoms with Gasteiger partial charge in [0.15, 0.2) is 0 Å². The molecule has 2 aromatic heterocycles. The lowest BCUT2D eigenvalue weighted by molar-refractivity contribution is 0.0949. The number of aryl methyl sites for hydroxylation is 3. The molecule has 0 atom stereocenters. The van der Waals surface area contributed by atoms with E-state index in [9.17, 15) is 4.79 Å². The molecule has 0 radical (unpaired) electrons. The lowest BCUT2D eigenvalue weighted by Crippen LogP contribution is -2.16. The Balaban J connectivity index is 1.86. The van der Waals surface area contributed by atoms with Gasteiger partial charge in [0.1, 0.15) is 5.82 Å². The van der Waals surface area contributed by atoms with E-state index in [4.69, 9.17) is 5.73 Å². The summed E-state index contributed by atoms with van der Waals surface area (Å²) in [5.41, 5.74) is 11.3. The second kappa shape index (κ2) is 6.06. The van der Waals surface area contributed by atoms with Gasteiger partial charge in [0.25, 0.3) is 5.91 Å². The Morgan fingerprint density at radius 3 is 2.76 bits per heavy atom. The SMILES string of the molecule is CCc1cc2c(C(=O)n3nc4c(c3N)CCCC4)cccc2n1CC. The predicted octanol–water partition coefficient (Wildman–Crippen LogP) is 3.57. The van der Waals surface area contributed by atoms with Crippen LogP contribution in [0.2, 0.25) is 0 Å². The van der Waals surface area contributed by atoms with Crippen LogP contribution in [0.1, 0.15) is 54.0 Å². The maximum absolute atomic E-state index is 13.2. The maximum atomic E-state index is 13.2. The van der Waals surface area contributed by atoms with Gasteiger partial charge >= 0.3 is 0 Å². The summed E-state index contributed by atoms with van der Waals surface area (Å²) in [5, 5.41) is 5.52. The van der Waals surface area contributed by atoms with Crippen molar-refractivity contribution >= 4 is 22.6 Å². The van der Waals surface area contributed by atoms with Crippen LogP contribution in [0, 0.1) is 0 Å². The molecule has 25 heavy (non-hydrogen) atoms. The summed E-state index contributed by atoms with van der Waals surface area (Å²) in [7, 11) is 0. The van der Waals surface area contributed by atoms with Crippen molar-refractivity contribution in [3.8, 4) is 0 Å². The molecule has 130 valence electrons. The Hall–Kier alpha value is -2.56. The maximum Gasteiger partial charge on any atom is 0.280 e. The minimum atomic E-state index is -0.131. The van der Waals surface area contributed by atoms with Crippen molar-refractivity contribution in [1.29, 1.82) is 0 Å². The molecule has 2 N–H and O–H groups in total. The van der Waals surface area contributed by atoms with E-state index in [1.54, 1.807) is 0 Å². The number of nitrogens with zero attached hydrogens (tertiary/aromatic N) is 3. The molecular formula is C20H24N4O. The van der Waals surface area contributed by atoms with Gasteiger partial charge in [-0.15, -0.1) is 0 Å². The molecule has 0 amide bonds. The van der Waals surface area contributed by atoms with E-state index in [0.29, 0.717) is 11.4 Å². The summed E-state index contributed by atoms with van der Waals surface area (Å²) >= 11 is 0. The minimum absolute atomic E-state index is 0.131. The fourth-order valence-corrected chi connectivity index (χ4v) is 4.04. The van der Waals surface area contributed by atoms with E-state index < -0.39 is 0 Å². The first-order chi connectivity index (χ1) is 12.2. The van der Waals surface area contributed by atoms with Gasteiger partial charge < -0.3 is 10.3 Å². The number of nitrogens with two attached hydrogens (primary N) is 1. The number of hydrogen-bond donors (Lipinski definition) is 1. The standard InChI is InChI=1S/C20H24N4O/c1-3-13-12-16-14(9-7-11-18(16)23(13)4-2)20(25)24-19(21)15-8-5-6-10-17(15)22-24/h7,9,11-12H,3-6,8,10,21H2,1-2H3. The minimum Gasteiger partial charge on any atom is -0.383 e. The molecule has 3 aromatic rings. The van der Waals surface area contributed by atoms with Crippen molar-refractivity contribution in [1.82, 2.24) is 14.3 Å². The van der Waals surface area contributed by atoms with E-state index in [2.05, 4.69) is 35.6 Å². The second-order valence-corrected chi connectivity index (χ2v) is 6.71. The molecule has 0 saturated carbocycles. The van der Waals surface area contributed by atoms with Crippen LogP contribution in [0.3, 0.4) is 0 Å². The third kappa shape index (κ3) is 2.37. The van der Waals surface area contributed by atoms with E-state index in [0.717, 1.165) is 60.8 Å². The molecule has 2 heterocycles. The summed E-state index contributed by atoms with van der Waals surface area (Å²) in [6.45, 7) is 5.16. The van der Waals surface area contributed by atoms with Crippen molar-refractivity contribution < 1.29 is 4.79 Å². The van der Waals surface area contributed by atoms with Gasteiger partial charge in [-0.2, -0.15) is 9.78 Å². The number of anilines is 1. The van der Waals surface area contributed by atoms with Crippen molar-refractivity contribution in [2.24, 2.45) is 0 Å². The molecule has 1 aliphatic carbocycles. The zero-order valence-corrected chi connectivity index (χ0v) is 14.9. The van der Waals surface area contributed by atoms with Crippen molar-refractivity contribution in [3.63, 3.8) is 0 Å². The summed E-state index contributed by atoms with van der Waals surface area (Å²) in [6, 6.07) is 8.03. The highest BCUT2D eigenvalue weighted by atomic mass is 16.2. The predicted molar refractivity (Wildman–Crippen MR) is 100.0 cm³/mol. The van der Waals surface area contributed by atoms with E-state index >= 15 is 0 Å². The van der Waals surface area contributed by atoms with Crippen LogP contribution in [-0.2, 0) is 25.8 Å². The van der Waals surface area contributed by atoms with Crippen LogP contribution in [0.15, 0.2) is 24.3 Å². The molecule has 5 nitrogen and oxygen atoms in total. The number of aromatic nitrogens is 3. The zero-order chi connectivity index (χ0) is 17.6. The molecule has 1 aliphatic rings. The number of carbonyl (C=O) groups is 1. The Labute approximate surface area is 147 Å². The molecule has 0 saturated heterocycles. The highest BCUT2D eigenvalue weighted by Gasteiger charge is 2.24. The lowest BCUT2D eigenvalue weighted by atomic mass is 9.98. The van der Waals surface area contributed by atoms with Gasteiger partial charge in [-0.05, 0) is 57.2 Å². The molecule has 0 unspecified atom stereocenters. The third-order valence-corrected chi connectivity index (χ3v) is 5.33. The number of rotatable bonds is 3. The average molecular weight is 336 g/mol. The van der Waals surface area contributed by atoms with Crippen LogP contribution in [0.5, 0.6) is 0 Å². The third-order valence-electron chi connectivity index (χ3n) is 5.33. The van der Waals surface area contributed by atoms with Gasteiger partial charge in [0.2, 0.25) is 0 Å². The van der Waals surface area contributed by atoms with Crippen molar-refractivity contribution in [3.05, 3.63) is 46.8 Å². The molecule has 0 spiro atoms. The monoisotopic (exact) mass is 336 g/mol. The normalized spacial score (nSPS) is 14.0. The summed E-state index contributed by atoms with van der Waals surface area (Å²) in [6.07, 6.45) is 5.01. The highest BCUT2D eigenvalue weighted by molar-refractivity contribution is 6.08. The number of carbonyl (C=O) groups excluding carboxylic acids is 1. The lowest BCUT2D eigenvalue weighted by Gasteiger charge is -2.08. The molecule has 5 heteroatoms. The van der Waals surface area contributed by atoms with Gasteiger partial charge in [-0.3, -0.25) is 4.79 Å². The fourth-order valence-electron chi connectivity index (χ4n) is 4.04. The first kappa shape index (κ1) is 15.9.